The molecule has 0 aliphatic carbocycles. The number of halogens is 1. The van der Waals surface area contributed by atoms with Gasteiger partial charge < -0.3 is 14.6 Å². The van der Waals surface area contributed by atoms with Crippen LogP contribution < -0.4 is 0 Å². The Morgan fingerprint density at radius 2 is 2.05 bits per heavy atom. The molecule has 1 aliphatic heterocycles. The number of rotatable bonds is 3. The standard InChI is InChI=1S/C13H18BrN3O3/c1-15-8-10(14)7-11(15)13(20)17-4-2-3-16(5-6-17)9-12(18)19/h7-8H,2-6,9H2,1H3,(H,18,19). The average molecular weight is 344 g/mol. The zero-order chi connectivity index (χ0) is 14.7. The number of amides is 1. The van der Waals surface area contributed by atoms with Crippen molar-refractivity contribution in [1.82, 2.24) is 14.4 Å². The molecule has 110 valence electrons. The number of nitrogens with zero attached hydrogens (tertiary/aromatic N) is 3. The normalized spacial score (nSPS) is 17.0. The molecule has 1 amide bonds. The van der Waals surface area contributed by atoms with E-state index >= 15 is 0 Å². The molecule has 1 saturated heterocycles. The molecule has 0 radical (unpaired) electrons. The lowest BCUT2D eigenvalue weighted by molar-refractivity contribution is -0.138. The Bertz CT molecular complexity index is 515. The lowest BCUT2D eigenvalue weighted by Gasteiger charge is -2.21. The Labute approximate surface area is 126 Å². The molecular weight excluding hydrogens is 326 g/mol. The van der Waals surface area contributed by atoms with Crippen molar-refractivity contribution in [3.63, 3.8) is 0 Å². The van der Waals surface area contributed by atoms with Crippen molar-refractivity contribution in [3.05, 3.63) is 22.4 Å². The van der Waals surface area contributed by atoms with Gasteiger partial charge in [-0.25, -0.2) is 0 Å². The topological polar surface area (TPSA) is 65.8 Å². The minimum Gasteiger partial charge on any atom is -0.480 e. The summed E-state index contributed by atoms with van der Waals surface area (Å²) in [5.41, 5.74) is 0.642. The SMILES string of the molecule is Cn1cc(Br)cc1C(=O)N1CCCN(CC(=O)O)CC1. The Morgan fingerprint density at radius 1 is 1.30 bits per heavy atom. The maximum absolute atomic E-state index is 12.5. The molecule has 6 nitrogen and oxygen atoms in total. The highest BCUT2D eigenvalue weighted by atomic mass is 79.9. The van der Waals surface area contributed by atoms with Crippen molar-refractivity contribution in [1.29, 1.82) is 0 Å². The van der Waals surface area contributed by atoms with Gasteiger partial charge in [0.2, 0.25) is 0 Å². The van der Waals surface area contributed by atoms with Crippen molar-refractivity contribution < 1.29 is 14.7 Å². The third-order valence-corrected chi connectivity index (χ3v) is 3.86. The van der Waals surface area contributed by atoms with Crippen LogP contribution >= 0.6 is 15.9 Å². The van der Waals surface area contributed by atoms with Gasteiger partial charge in [0.25, 0.3) is 5.91 Å². The first kappa shape index (κ1) is 15.1. The van der Waals surface area contributed by atoms with Gasteiger partial charge in [0.1, 0.15) is 5.69 Å². The van der Waals surface area contributed by atoms with Crippen LogP contribution in [0.1, 0.15) is 16.9 Å². The molecule has 0 aromatic carbocycles. The Balaban J connectivity index is 2.01. The zero-order valence-electron chi connectivity index (χ0n) is 11.4. The number of carboxylic acid groups (broad SMARTS) is 1. The molecule has 20 heavy (non-hydrogen) atoms. The van der Waals surface area contributed by atoms with Crippen molar-refractivity contribution in [2.24, 2.45) is 7.05 Å². The highest BCUT2D eigenvalue weighted by molar-refractivity contribution is 9.10. The summed E-state index contributed by atoms with van der Waals surface area (Å²) in [7, 11) is 1.84. The van der Waals surface area contributed by atoms with E-state index in [9.17, 15) is 9.59 Å². The maximum Gasteiger partial charge on any atom is 0.317 e. The lowest BCUT2D eigenvalue weighted by Crippen LogP contribution is -2.37. The average Bonchev–Trinajstić information content (AvgIpc) is 2.58. The summed E-state index contributed by atoms with van der Waals surface area (Å²) in [5, 5.41) is 8.82. The maximum atomic E-state index is 12.5. The van der Waals surface area contributed by atoms with E-state index < -0.39 is 5.97 Å². The fourth-order valence-corrected chi connectivity index (χ4v) is 2.95. The molecule has 0 bridgehead atoms. The van der Waals surface area contributed by atoms with Crippen LogP contribution in [0.2, 0.25) is 0 Å². The molecule has 1 aliphatic rings. The first-order valence-corrected chi connectivity index (χ1v) is 7.32. The van der Waals surface area contributed by atoms with Gasteiger partial charge in [-0.1, -0.05) is 0 Å². The summed E-state index contributed by atoms with van der Waals surface area (Å²) in [5.74, 6) is -0.827. The summed E-state index contributed by atoms with van der Waals surface area (Å²) in [6.45, 7) is 2.58. The van der Waals surface area contributed by atoms with Crippen LogP contribution in [0.15, 0.2) is 16.7 Å². The van der Waals surface area contributed by atoms with Gasteiger partial charge in [-0.15, -0.1) is 0 Å². The van der Waals surface area contributed by atoms with Crippen LogP contribution in [0.5, 0.6) is 0 Å². The first-order chi connectivity index (χ1) is 9.47. The fourth-order valence-electron chi connectivity index (χ4n) is 2.42. The van der Waals surface area contributed by atoms with Gasteiger partial charge in [0.15, 0.2) is 0 Å². The molecule has 7 heteroatoms. The number of carboxylic acids is 1. The van der Waals surface area contributed by atoms with E-state index in [1.54, 1.807) is 9.47 Å². The van der Waals surface area contributed by atoms with Crippen molar-refractivity contribution in [2.45, 2.75) is 6.42 Å². The molecule has 0 atom stereocenters. The molecular formula is C13H18BrN3O3. The zero-order valence-corrected chi connectivity index (χ0v) is 13.0. The number of carbonyl (C=O) groups is 2. The van der Waals surface area contributed by atoms with Crippen molar-refractivity contribution in [3.8, 4) is 0 Å². The van der Waals surface area contributed by atoms with Crippen LogP contribution in [0.25, 0.3) is 0 Å². The van der Waals surface area contributed by atoms with Crippen molar-refractivity contribution >= 4 is 27.8 Å². The number of aromatic nitrogens is 1. The van der Waals surface area contributed by atoms with Crippen molar-refractivity contribution in [2.75, 3.05) is 32.7 Å². The number of hydrogen-bond donors (Lipinski definition) is 1. The summed E-state index contributed by atoms with van der Waals surface area (Å²) in [6.07, 6.45) is 2.65. The summed E-state index contributed by atoms with van der Waals surface area (Å²) < 4.78 is 2.68. The minimum absolute atomic E-state index is 0.00428. The van der Waals surface area contributed by atoms with E-state index in [2.05, 4.69) is 15.9 Å². The predicted molar refractivity (Wildman–Crippen MR) is 77.7 cm³/mol. The Hall–Kier alpha value is -1.34. The first-order valence-electron chi connectivity index (χ1n) is 6.52. The second-order valence-corrected chi connectivity index (χ2v) is 5.89. The summed E-state index contributed by atoms with van der Waals surface area (Å²) in [6, 6.07) is 1.81. The Morgan fingerprint density at radius 3 is 2.65 bits per heavy atom. The number of carbonyl (C=O) groups excluding carboxylic acids is 1. The molecule has 1 N–H and O–H groups in total. The van der Waals surface area contributed by atoms with Crippen LogP contribution in [0, 0.1) is 0 Å². The minimum atomic E-state index is -0.823. The quantitative estimate of drug-likeness (QED) is 0.889. The number of hydrogen-bond acceptors (Lipinski definition) is 3. The third-order valence-electron chi connectivity index (χ3n) is 3.43. The summed E-state index contributed by atoms with van der Waals surface area (Å²) >= 11 is 3.36. The molecule has 0 saturated carbocycles. The monoisotopic (exact) mass is 343 g/mol. The van der Waals surface area contributed by atoms with Gasteiger partial charge in [-0.05, 0) is 28.4 Å². The molecule has 1 aromatic heterocycles. The van der Waals surface area contributed by atoms with Gasteiger partial charge in [-0.2, -0.15) is 0 Å². The van der Waals surface area contributed by atoms with E-state index in [0.717, 1.165) is 10.9 Å². The second kappa shape index (κ2) is 6.41. The Kier molecular flexibility index (Phi) is 4.82. The van der Waals surface area contributed by atoms with E-state index in [1.165, 1.54) is 0 Å². The second-order valence-electron chi connectivity index (χ2n) is 4.97. The smallest absolute Gasteiger partial charge is 0.317 e. The van der Waals surface area contributed by atoms with E-state index in [0.29, 0.717) is 31.9 Å². The van der Waals surface area contributed by atoms with Gasteiger partial charge in [0.05, 0.1) is 6.54 Å². The molecule has 1 fully saturated rings. The predicted octanol–water partition coefficient (Wildman–Crippen LogP) is 1.02. The number of aliphatic carboxylic acids is 1. The summed E-state index contributed by atoms with van der Waals surface area (Å²) in [4.78, 5) is 26.9. The van der Waals surface area contributed by atoms with E-state index in [-0.39, 0.29) is 12.5 Å². The molecule has 2 rings (SSSR count). The van der Waals surface area contributed by atoms with E-state index in [4.69, 9.17) is 5.11 Å². The van der Waals surface area contributed by atoms with Gasteiger partial charge in [-0.3, -0.25) is 14.5 Å². The highest BCUT2D eigenvalue weighted by Crippen LogP contribution is 2.16. The van der Waals surface area contributed by atoms with Gasteiger partial charge >= 0.3 is 5.97 Å². The van der Waals surface area contributed by atoms with Crippen LogP contribution in [-0.4, -0.2) is 64.1 Å². The fraction of sp³-hybridized carbons (Fsp3) is 0.538. The van der Waals surface area contributed by atoms with Gasteiger partial charge in [0, 0.05) is 43.9 Å². The van der Waals surface area contributed by atoms with E-state index in [1.807, 2.05) is 24.2 Å². The van der Waals surface area contributed by atoms with Crippen LogP contribution in [-0.2, 0) is 11.8 Å². The van der Waals surface area contributed by atoms with Crippen LogP contribution in [0.3, 0.4) is 0 Å². The third kappa shape index (κ3) is 3.61. The molecule has 0 unspecified atom stereocenters. The lowest BCUT2D eigenvalue weighted by atomic mass is 10.3. The highest BCUT2D eigenvalue weighted by Gasteiger charge is 2.23. The number of aryl methyl sites for hydroxylation is 1. The molecule has 2 heterocycles. The molecule has 1 aromatic rings. The van der Waals surface area contributed by atoms with Crippen LogP contribution in [0.4, 0.5) is 0 Å². The largest absolute Gasteiger partial charge is 0.480 e. The molecule has 0 spiro atoms.